The molecule has 1 aromatic carbocycles. The van der Waals surface area contributed by atoms with E-state index in [1.807, 2.05) is 18.2 Å². The molecule has 144 valence electrons. The number of benzene rings is 1. The smallest absolute Gasteiger partial charge is 0.165 e. The minimum atomic E-state index is -0.894. The van der Waals surface area contributed by atoms with Gasteiger partial charge in [-0.05, 0) is 24.5 Å². The molecule has 3 heterocycles. The molecule has 8 nitrogen and oxygen atoms in total. The van der Waals surface area contributed by atoms with Gasteiger partial charge in [-0.15, -0.1) is 11.3 Å². The third kappa shape index (κ3) is 2.93. The minimum Gasteiger partial charge on any atom is -0.390 e. The molecule has 0 amide bonds. The van der Waals surface area contributed by atoms with Crippen LogP contribution in [0.1, 0.15) is 12.5 Å². The molecule has 0 bridgehead atoms. The molecular weight excluding hydrogens is 396 g/mol. The van der Waals surface area contributed by atoms with Gasteiger partial charge in [0.2, 0.25) is 0 Å². The maximum Gasteiger partial charge on any atom is 0.165 e. The number of nitrogens with zero attached hydrogens (tertiary/aromatic N) is 5. The third-order valence-corrected chi connectivity index (χ3v) is 7.58. The number of imidazole rings is 1. The van der Waals surface area contributed by atoms with E-state index < -0.39 is 12.2 Å². The Bertz CT molecular complexity index is 1110. The quantitative estimate of drug-likeness (QED) is 0.434. The van der Waals surface area contributed by atoms with Crippen LogP contribution in [0.5, 0.6) is 0 Å². The average Bonchev–Trinajstić information content (AvgIpc) is 3.38. The number of nitrogens with two attached hydrogens (primary N) is 1. The molecule has 0 saturated heterocycles. The number of hydrogen-bond acceptors (Lipinski definition) is 9. The first-order chi connectivity index (χ1) is 13.6. The fourth-order valence-electron chi connectivity index (χ4n) is 3.74. The Morgan fingerprint density at radius 3 is 2.89 bits per heavy atom. The number of aromatic nitrogens is 5. The molecule has 10 heteroatoms. The topological polar surface area (TPSA) is 123 Å². The standard InChI is InChI=1S/C18H18N6O2S2/c19-16-13-17(21-7-20-16)24(8-22-13)11-5-9(14(25)15(11)26)6-27-18-23-10-3-1-2-4-12(10)28-18/h1-4,7-9,11,14-15,25-26H,5-6H2,(H2,19,20,21)/t9-,11-,14-,15+/m1/s1. The molecule has 4 N–H and O–H groups in total. The number of hydrogen-bond donors (Lipinski definition) is 3. The first-order valence-electron chi connectivity index (χ1n) is 8.89. The number of aliphatic hydroxyl groups is 2. The van der Waals surface area contributed by atoms with E-state index in [0.717, 1.165) is 14.6 Å². The second-order valence-electron chi connectivity index (χ2n) is 6.89. The summed E-state index contributed by atoms with van der Waals surface area (Å²) in [6.07, 6.45) is 1.90. The highest BCUT2D eigenvalue weighted by Crippen LogP contribution is 2.40. The highest BCUT2D eigenvalue weighted by molar-refractivity contribution is 8.01. The van der Waals surface area contributed by atoms with Gasteiger partial charge in [0.1, 0.15) is 17.9 Å². The van der Waals surface area contributed by atoms with Gasteiger partial charge in [-0.1, -0.05) is 23.9 Å². The zero-order chi connectivity index (χ0) is 19.3. The Morgan fingerprint density at radius 2 is 2.04 bits per heavy atom. The van der Waals surface area contributed by atoms with Crippen LogP contribution in [0.3, 0.4) is 0 Å². The van der Waals surface area contributed by atoms with E-state index in [4.69, 9.17) is 5.73 Å². The van der Waals surface area contributed by atoms with E-state index in [2.05, 4.69) is 26.0 Å². The lowest BCUT2D eigenvalue weighted by Crippen LogP contribution is -2.30. The van der Waals surface area contributed by atoms with Crippen molar-refractivity contribution in [3.05, 3.63) is 36.9 Å². The maximum absolute atomic E-state index is 10.6. The monoisotopic (exact) mass is 414 g/mol. The van der Waals surface area contributed by atoms with Gasteiger partial charge >= 0.3 is 0 Å². The van der Waals surface area contributed by atoms with Crippen LogP contribution in [0.2, 0.25) is 0 Å². The number of thioether (sulfide) groups is 1. The Labute approximate surface area is 168 Å². The van der Waals surface area contributed by atoms with Crippen molar-refractivity contribution in [3.8, 4) is 0 Å². The highest BCUT2D eigenvalue weighted by atomic mass is 32.2. The zero-order valence-corrected chi connectivity index (χ0v) is 16.3. The van der Waals surface area contributed by atoms with Crippen LogP contribution in [0.4, 0.5) is 5.82 Å². The zero-order valence-electron chi connectivity index (χ0n) is 14.7. The average molecular weight is 415 g/mol. The molecule has 0 aliphatic heterocycles. The van der Waals surface area contributed by atoms with Crippen molar-refractivity contribution in [1.82, 2.24) is 24.5 Å². The summed E-state index contributed by atoms with van der Waals surface area (Å²) in [5, 5.41) is 21.2. The van der Waals surface area contributed by atoms with E-state index in [9.17, 15) is 10.2 Å². The molecule has 1 aliphatic carbocycles. The van der Waals surface area contributed by atoms with Crippen LogP contribution < -0.4 is 5.73 Å². The lowest BCUT2D eigenvalue weighted by molar-refractivity contribution is 0.0104. The molecule has 1 saturated carbocycles. The van der Waals surface area contributed by atoms with Crippen LogP contribution in [0.25, 0.3) is 21.4 Å². The molecule has 3 aromatic heterocycles. The van der Waals surface area contributed by atoms with Crippen LogP contribution in [0.15, 0.2) is 41.3 Å². The van der Waals surface area contributed by atoms with Gasteiger partial charge in [0.15, 0.2) is 15.8 Å². The predicted octanol–water partition coefficient (Wildman–Crippen LogP) is 2.09. The van der Waals surface area contributed by atoms with E-state index in [1.54, 1.807) is 34.0 Å². The molecule has 4 atom stereocenters. The fraction of sp³-hybridized carbons (Fsp3) is 0.333. The second-order valence-corrected chi connectivity index (χ2v) is 9.18. The molecular formula is C18H18N6O2S2. The summed E-state index contributed by atoms with van der Waals surface area (Å²) in [5.41, 5.74) is 7.92. The Kier molecular flexibility index (Phi) is 4.43. The number of anilines is 1. The van der Waals surface area contributed by atoms with Crippen molar-refractivity contribution in [1.29, 1.82) is 0 Å². The number of para-hydroxylation sites is 1. The molecule has 4 aromatic rings. The van der Waals surface area contributed by atoms with Gasteiger partial charge in [-0.25, -0.2) is 19.9 Å². The molecule has 1 fully saturated rings. The van der Waals surface area contributed by atoms with Crippen LogP contribution >= 0.6 is 23.1 Å². The van der Waals surface area contributed by atoms with E-state index >= 15 is 0 Å². The molecule has 1 aliphatic rings. The van der Waals surface area contributed by atoms with Crippen molar-refractivity contribution >= 4 is 50.3 Å². The van der Waals surface area contributed by atoms with Gasteiger partial charge in [-0.3, -0.25) is 0 Å². The lowest BCUT2D eigenvalue weighted by Gasteiger charge is -2.18. The van der Waals surface area contributed by atoms with E-state index in [1.165, 1.54) is 6.33 Å². The van der Waals surface area contributed by atoms with Gasteiger partial charge < -0.3 is 20.5 Å². The minimum absolute atomic E-state index is 0.0614. The number of fused-ring (bicyclic) bond motifs is 2. The van der Waals surface area contributed by atoms with Crippen molar-refractivity contribution in [2.75, 3.05) is 11.5 Å². The molecule has 0 unspecified atom stereocenters. The lowest BCUT2D eigenvalue weighted by atomic mass is 10.1. The summed E-state index contributed by atoms with van der Waals surface area (Å²) >= 11 is 3.27. The summed E-state index contributed by atoms with van der Waals surface area (Å²) in [5.74, 6) is 0.923. The molecule has 0 radical (unpaired) electrons. The van der Waals surface area contributed by atoms with Crippen molar-refractivity contribution in [2.45, 2.75) is 29.0 Å². The maximum atomic E-state index is 10.6. The number of thiazole rings is 1. The summed E-state index contributed by atoms with van der Waals surface area (Å²) in [6, 6.07) is 7.72. The van der Waals surface area contributed by atoms with Crippen molar-refractivity contribution in [2.24, 2.45) is 5.92 Å². The molecule has 0 spiro atoms. The molecule has 28 heavy (non-hydrogen) atoms. The van der Waals surface area contributed by atoms with E-state index in [0.29, 0.717) is 29.2 Å². The third-order valence-electron chi connectivity index (χ3n) is 5.21. The van der Waals surface area contributed by atoms with Crippen LogP contribution in [-0.2, 0) is 0 Å². The van der Waals surface area contributed by atoms with Gasteiger partial charge in [0.25, 0.3) is 0 Å². The van der Waals surface area contributed by atoms with Gasteiger partial charge in [-0.2, -0.15) is 0 Å². The largest absolute Gasteiger partial charge is 0.390 e. The van der Waals surface area contributed by atoms with Gasteiger partial charge in [0.05, 0.1) is 28.7 Å². The van der Waals surface area contributed by atoms with E-state index in [-0.39, 0.29) is 12.0 Å². The Hall–Kier alpha value is -2.27. The Balaban J connectivity index is 1.35. The number of aliphatic hydroxyl groups excluding tert-OH is 2. The summed E-state index contributed by atoms with van der Waals surface area (Å²) < 4.78 is 3.92. The van der Waals surface area contributed by atoms with Crippen LogP contribution in [-0.4, -0.2) is 52.7 Å². The second kappa shape index (κ2) is 6.96. The fourth-order valence-corrected chi connectivity index (χ4v) is 6.00. The highest BCUT2D eigenvalue weighted by Gasteiger charge is 2.43. The molecule has 5 rings (SSSR count). The predicted molar refractivity (Wildman–Crippen MR) is 109 cm³/mol. The summed E-state index contributed by atoms with van der Waals surface area (Å²) in [4.78, 5) is 17.1. The first-order valence-corrected chi connectivity index (χ1v) is 10.7. The normalized spacial score (nSPS) is 25.1. The van der Waals surface area contributed by atoms with Crippen molar-refractivity contribution in [3.63, 3.8) is 0 Å². The van der Waals surface area contributed by atoms with Crippen molar-refractivity contribution < 1.29 is 10.2 Å². The van der Waals surface area contributed by atoms with Crippen LogP contribution in [0, 0.1) is 5.92 Å². The Morgan fingerprint density at radius 1 is 1.18 bits per heavy atom. The number of rotatable bonds is 4. The first kappa shape index (κ1) is 17.8. The SMILES string of the molecule is Nc1ncnc2c1ncn2[C@@H]1C[C@H](CSc2nc3ccccc3s2)[C@@H](O)[C@H]1O. The summed E-state index contributed by atoms with van der Waals surface area (Å²) in [7, 11) is 0. The van der Waals surface area contributed by atoms with Gasteiger partial charge in [0, 0.05) is 5.75 Å². The summed E-state index contributed by atoms with van der Waals surface area (Å²) in [6.45, 7) is 0. The number of nitrogen functional groups attached to an aromatic ring is 1.